The lowest BCUT2D eigenvalue weighted by molar-refractivity contribution is -0.137. The zero-order valence-electron chi connectivity index (χ0n) is 19.9. The van der Waals surface area contributed by atoms with Crippen LogP contribution in [0, 0.1) is 13.8 Å². The molecule has 8 heteroatoms. The molecule has 0 aliphatic carbocycles. The molecule has 0 bridgehead atoms. The van der Waals surface area contributed by atoms with Crippen molar-refractivity contribution in [2.75, 3.05) is 20.1 Å². The number of aryl methyl sites for hydroxylation is 3. The summed E-state index contributed by atoms with van der Waals surface area (Å²) >= 11 is 0. The number of hydrogen-bond acceptors (Lipinski definition) is 6. The van der Waals surface area contributed by atoms with E-state index in [2.05, 4.69) is 48.1 Å². The highest BCUT2D eigenvalue weighted by atomic mass is 16.5. The van der Waals surface area contributed by atoms with Gasteiger partial charge in [-0.2, -0.15) is 10.1 Å². The van der Waals surface area contributed by atoms with Crippen molar-refractivity contribution in [3.63, 3.8) is 0 Å². The first-order chi connectivity index (χ1) is 16.4. The predicted octanol–water partition coefficient (Wildman–Crippen LogP) is 4.46. The molecule has 8 nitrogen and oxygen atoms in total. The Hall–Kier alpha value is -3.78. The van der Waals surface area contributed by atoms with Gasteiger partial charge in [-0.3, -0.25) is 14.4 Å². The van der Waals surface area contributed by atoms with Crippen LogP contribution in [0.2, 0.25) is 0 Å². The number of rotatable bonds is 9. The van der Waals surface area contributed by atoms with Crippen LogP contribution in [-0.4, -0.2) is 56.0 Å². The summed E-state index contributed by atoms with van der Waals surface area (Å²) in [6.45, 7) is 7.59. The molecule has 34 heavy (non-hydrogen) atoms. The molecular weight excluding hydrogens is 430 g/mol. The predicted molar refractivity (Wildman–Crippen MR) is 130 cm³/mol. The number of carboxylic acids is 1. The van der Waals surface area contributed by atoms with Crippen molar-refractivity contribution in [3.8, 4) is 34.2 Å². The Morgan fingerprint density at radius 2 is 1.79 bits per heavy atom. The highest BCUT2D eigenvalue weighted by Crippen LogP contribution is 2.28. The SMILES string of the molecule is CCn1nc(-c2nc(-c3cc(C)c(CCN(C)CC(=O)O)c(C)c3)no2)cc1-c1ccccc1. The maximum atomic E-state index is 10.9. The van der Waals surface area contributed by atoms with E-state index in [0.29, 0.717) is 24.0 Å². The molecule has 0 amide bonds. The molecule has 0 saturated carbocycles. The van der Waals surface area contributed by atoms with E-state index in [4.69, 9.17) is 9.63 Å². The van der Waals surface area contributed by atoms with Crippen LogP contribution < -0.4 is 0 Å². The van der Waals surface area contributed by atoms with E-state index in [0.717, 1.165) is 40.9 Å². The van der Waals surface area contributed by atoms with Gasteiger partial charge in [-0.05, 0) is 74.7 Å². The van der Waals surface area contributed by atoms with Crippen LogP contribution in [0.15, 0.2) is 53.1 Å². The van der Waals surface area contributed by atoms with E-state index >= 15 is 0 Å². The number of likely N-dealkylation sites (N-methyl/N-ethyl adjacent to an activating group) is 1. The molecule has 2 aromatic carbocycles. The lowest BCUT2D eigenvalue weighted by Crippen LogP contribution is -2.27. The first kappa shape index (κ1) is 23.4. The summed E-state index contributed by atoms with van der Waals surface area (Å²) in [5.41, 5.74) is 7.05. The molecule has 0 fully saturated rings. The number of carboxylic acid groups (broad SMARTS) is 1. The van der Waals surface area contributed by atoms with Crippen molar-refractivity contribution in [2.24, 2.45) is 0 Å². The van der Waals surface area contributed by atoms with Gasteiger partial charge in [-0.25, -0.2) is 0 Å². The standard InChI is InChI=1S/C26H29N5O3/c1-5-31-23(19-9-7-6-8-10-19)15-22(28-31)26-27-25(29-34-26)20-13-17(2)21(18(3)14-20)11-12-30(4)16-24(32)33/h6-10,13-15H,5,11-12,16H2,1-4H3,(H,32,33). The van der Waals surface area contributed by atoms with Crippen molar-refractivity contribution >= 4 is 5.97 Å². The average molecular weight is 460 g/mol. The van der Waals surface area contributed by atoms with Crippen LogP contribution >= 0.6 is 0 Å². The first-order valence-corrected chi connectivity index (χ1v) is 11.3. The molecule has 0 radical (unpaired) electrons. The summed E-state index contributed by atoms with van der Waals surface area (Å²) in [7, 11) is 1.82. The van der Waals surface area contributed by atoms with Gasteiger partial charge in [-0.15, -0.1) is 0 Å². The fraction of sp³-hybridized carbons (Fsp3) is 0.308. The molecule has 4 aromatic rings. The minimum atomic E-state index is -0.820. The third-order valence-corrected chi connectivity index (χ3v) is 5.90. The summed E-state index contributed by atoms with van der Waals surface area (Å²) in [6, 6.07) is 16.2. The van der Waals surface area contributed by atoms with Crippen LogP contribution in [0.5, 0.6) is 0 Å². The van der Waals surface area contributed by atoms with Gasteiger partial charge in [0.15, 0.2) is 5.69 Å². The monoisotopic (exact) mass is 459 g/mol. The Kier molecular flexibility index (Phi) is 6.88. The number of nitrogens with zero attached hydrogens (tertiary/aromatic N) is 5. The molecule has 0 aliphatic rings. The van der Waals surface area contributed by atoms with Gasteiger partial charge in [0.1, 0.15) is 0 Å². The van der Waals surface area contributed by atoms with Gasteiger partial charge in [0.25, 0.3) is 5.89 Å². The molecule has 0 saturated heterocycles. The highest BCUT2D eigenvalue weighted by molar-refractivity contribution is 5.69. The molecular formula is C26H29N5O3. The second-order valence-corrected chi connectivity index (χ2v) is 8.49. The van der Waals surface area contributed by atoms with E-state index < -0.39 is 5.97 Å². The molecule has 0 unspecified atom stereocenters. The minimum Gasteiger partial charge on any atom is -0.480 e. The Morgan fingerprint density at radius 3 is 2.44 bits per heavy atom. The maximum absolute atomic E-state index is 10.9. The summed E-state index contributed by atoms with van der Waals surface area (Å²) in [5.74, 6) is 0.0796. The minimum absolute atomic E-state index is 0.0294. The van der Waals surface area contributed by atoms with Gasteiger partial charge in [0, 0.05) is 18.7 Å². The van der Waals surface area contributed by atoms with Gasteiger partial charge in [0.05, 0.1) is 12.2 Å². The summed E-state index contributed by atoms with van der Waals surface area (Å²) in [6.07, 6.45) is 0.774. The van der Waals surface area contributed by atoms with Crippen LogP contribution in [0.3, 0.4) is 0 Å². The van der Waals surface area contributed by atoms with Crippen LogP contribution in [0.25, 0.3) is 34.2 Å². The van der Waals surface area contributed by atoms with Crippen LogP contribution in [0.4, 0.5) is 0 Å². The number of aromatic nitrogens is 4. The van der Waals surface area contributed by atoms with Crippen molar-refractivity contribution in [1.82, 2.24) is 24.8 Å². The van der Waals surface area contributed by atoms with E-state index in [9.17, 15) is 4.79 Å². The van der Waals surface area contributed by atoms with E-state index in [1.807, 2.05) is 48.1 Å². The number of hydrogen-bond donors (Lipinski definition) is 1. The van der Waals surface area contributed by atoms with E-state index in [-0.39, 0.29) is 6.54 Å². The molecule has 0 spiro atoms. The van der Waals surface area contributed by atoms with E-state index in [1.54, 1.807) is 4.90 Å². The molecule has 2 aromatic heterocycles. The third-order valence-electron chi connectivity index (χ3n) is 5.90. The number of carbonyl (C=O) groups is 1. The van der Waals surface area contributed by atoms with Crippen LogP contribution in [-0.2, 0) is 17.8 Å². The van der Waals surface area contributed by atoms with Gasteiger partial charge < -0.3 is 9.63 Å². The van der Waals surface area contributed by atoms with Crippen molar-refractivity contribution in [2.45, 2.75) is 33.7 Å². The van der Waals surface area contributed by atoms with Crippen molar-refractivity contribution in [3.05, 3.63) is 65.2 Å². The first-order valence-electron chi connectivity index (χ1n) is 11.3. The largest absolute Gasteiger partial charge is 0.480 e. The Labute approximate surface area is 198 Å². The zero-order valence-corrected chi connectivity index (χ0v) is 19.9. The Morgan fingerprint density at radius 1 is 1.09 bits per heavy atom. The van der Waals surface area contributed by atoms with Gasteiger partial charge in [0.2, 0.25) is 5.82 Å². The smallest absolute Gasteiger partial charge is 0.317 e. The second-order valence-electron chi connectivity index (χ2n) is 8.49. The molecule has 0 atom stereocenters. The Balaban J connectivity index is 1.57. The quantitative estimate of drug-likeness (QED) is 0.395. The van der Waals surface area contributed by atoms with Gasteiger partial charge in [-0.1, -0.05) is 35.5 Å². The zero-order chi connectivity index (χ0) is 24.2. The highest BCUT2D eigenvalue weighted by Gasteiger charge is 2.18. The number of benzene rings is 2. The molecule has 176 valence electrons. The van der Waals surface area contributed by atoms with Gasteiger partial charge >= 0.3 is 5.97 Å². The van der Waals surface area contributed by atoms with Crippen molar-refractivity contribution in [1.29, 1.82) is 0 Å². The maximum Gasteiger partial charge on any atom is 0.317 e. The third kappa shape index (κ3) is 5.07. The Bertz CT molecular complexity index is 1270. The lowest BCUT2D eigenvalue weighted by Gasteiger charge is -2.17. The fourth-order valence-corrected chi connectivity index (χ4v) is 4.18. The van der Waals surface area contributed by atoms with E-state index in [1.165, 1.54) is 5.56 Å². The second kappa shape index (κ2) is 10.0. The summed E-state index contributed by atoms with van der Waals surface area (Å²) < 4.78 is 7.51. The molecule has 2 heterocycles. The normalized spacial score (nSPS) is 11.3. The lowest BCUT2D eigenvalue weighted by atomic mass is 9.96. The molecule has 0 aliphatic heterocycles. The van der Waals surface area contributed by atoms with Crippen LogP contribution in [0.1, 0.15) is 23.6 Å². The summed E-state index contributed by atoms with van der Waals surface area (Å²) in [4.78, 5) is 17.3. The molecule has 4 rings (SSSR count). The van der Waals surface area contributed by atoms with Crippen molar-refractivity contribution < 1.29 is 14.4 Å². The average Bonchev–Trinajstić information content (AvgIpc) is 3.46. The summed E-state index contributed by atoms with van der Waals surface area (Å²) in [5, 5.41) is 17.8. The fourth-order valence-electron chi connectivity index (χ4n) is 4.18. The topological polar surface area (TPSA) is 97.3 Å². The molecule has 1 N–H and O–H groups in total. The number of aliphatic carboxylic acids is 1.